The van der Waals surface area contributed by atoms with Gasteiger partial charge in [-0.05, 0) is 42.7 Å². The number of carbonyl (C=O) groups is 1. The first-order chi connectivity index (χ1) is 12.3. The van der Waals surface area contributed by atoms with Crippen LogP contribution in [0, 0.1) is 5.92 Å². The summed E-state index contributed by atoms with van der Waals surface area (Å²) in [4.78, 5) is 16.8. The summed E-state index contributed by atoms with van der Waals surface area (Å²) >= 11 is 0. The van der Waals surface area contributed by atoms with Gasteiger partial charge in [0.1, 0.15) is 5.75 Å². The van der Waals surface area contributed by atoms with Gasteiger partial charge in [0.05, 0.1) is 31.4 Å². The molecule has 1 aromatic carbocycles. The van der Waals surface area contributed by atoms with Gasteiger partial charge >= 0.3 is 0 Å². The first-order valence-electron chi connectivity index (χ1n) is 8.77. The molecule has 0 radical (unpaired) electrons. The molecular formula is C20H24N2O3. The van der Waals surface area contributed by atoms with Crippen LogP contribution >= 0.6 is 0 Å². The minimum Gasteiger partial charge on any atom is -0.493 e. The summed E-state index contributed by atoms with van der Waals surface area (Å²) in [6, 6.07) is 11.4. The number of rotatable bonds is 7. The van der Waals surface area contributed by atoms with Crippen molar-refractivity contribution in [2.24, 2.45) is 5.92 Å². The van der Waals surface area contributed by atoms with Crippen molar-refractivity contribution in [3.05, 3.63) is 59.9 Å². The number of nitrogens with zero attached hydrogens (tertiary/aromatic N) is 1. The Balaban J connectivity index is 1.66. The van der Waals surface area contributed by atoms with E-state index < -0.39 is 0 Å². The van der Waals surface area contributed by atoms with Crippen molar-refractivity contribution in [2.45, 2.75) is 25.8 Å². The molecule has 1 fully saturated rings. The van der Waals surface area contributed by atoms with Gasteiger partial charge in [-0.1, -0.05) is 19.1 Å². The van der Waals surface area contributed by atoms with Gasteiger partial charge in [0.2, 0.25) is 0 Å². The number of carbonyl (C=O) groups excluding carboxylic acids is 1. The number of amides is 1. The van der Waals surface area contributed by atoms with Gasteiger partial charge in [0, 0.05) is 18.3 Å². The van der Waals surface area contributed by atoms with Crippen molar-refractivity contribution in [3.8, 4) is 5.75 Å². The van der Waals surface area contributed by atoms with Crippen LogP contribution in [0.25, 0.3) is 0 Å². The highest BCUT2D eigenvalue weighted by atomic mass is 16.5. The lowest BCUT2D eigenvalue weighted by atomic mass is 9.95. The van der Waals surface area contributed by atoms with Crippen molar-refractivity contribution in [1.29, 1.82) is 0 Å². The van der Waals surface area contributed by atoms with E-state index in [4.69, 9.17) is 9.47 Å². The molecule has 5 nitrogen and oxygen atoms in total. The van der Waals surface area contributed by atoms with E-state index in [0.29, 0.717) is 31.1 Å². The third-order valence-electron chi connectivity index (χ3n) is 4.36. The number of nitrogens with one attached hydrogen (secondary N) is 1. The second kappa shape index (κ2) is 8.62. The molecule has 1 aliphatic rings. The Kier molecular flexibility index (Phi) is 6.01. The first-order valence-corrected chi connectivity index (χ1v) is 8.77. The van der Waals surface area contributed by atoms with Crippen LogP contribution in [0.2, 0.25) is 0 Å². The summed E-state index contributed by atoms with van der Waals surface area (Å²) in [6.07, 6.45) is 5.35. The fraction of sp³-hybridized carbons (Fsp3) is 0.400. The quantitative estimate of drug-likeness (QED) is 0.842. The van der Waals surface area contributed by atoms with E-state index >= 15 is 0 Å². The van der Waals surface area contributed by atoms with Crippen molar-refractivity contribution in [2.75, 3.05) is 19.8 Å². The van der Waals surface area contributed by atoms with Crippen LogP contribution in [0.5, 0.6) is 5.75 Å². The Hall–Kier alpha value is -2.40. The topological polar surface area (TPSA) is 60.5 Å². The lowest BCUT2D eigenvalue weighted by Gasteiger charge is -2.20. The summed E-state index contributed by atoms with van der Waals surface area (Å²) in [5.74, 6) is 0.781. The second-order valence-corrected chi connectivity index (χ2v) is 6.28. The van der Waals surface area contributed by atoms with Crippen LogP contribution in [0.4, 0.5) is 0 Å². The molecule has 0 spiro atoms. The molecule has 25 heavy (non-hydrogen) atoms. The van der Waals surface area contributed by atoms with Crippen molar-refractivity contribution < 1.29 is 14.3 Å². The Morgan fingerprint density at radius 1 is 1.24 bits per heavy atom. The predicted octanol–water partition coefficient (Wildman–Crippen LogP) is 2.86. The molecule has 2 aromatic rings. The average Bonchev–Trinajstić information content (AvgIpc) is 3.07. The van der Waals surface area contributed by atoms with Crippen LogP contribution < -0.4 is 10.1 Å². The zero-order chi connectivity index (χ0) is 17.5. The highest BCUT2D eigenvalue weighted by Gasteiger charge is 2.30. The van der Waals surface area contributed by atoms with E-state index in [-0.39, 0.29) is 17.9 Å². The maximum absolute atomic E-state index is 12.7. The fourth-order valence-corrected chi connectivity index (χ4v) is 3.02. The van der Waals surface area contributed by atoms with Gasteiger partial charge < -0.3 is 14.8 Å². The van der Waals surface area contributed by atoms with Crippen LogP contribution in [0.3, 0.4) is 0 Å². The highest BCUT2D eigenvalue weighted by Crippen LogP contribution is 2.22. The molecule has 5 heteroatoms. The fourth-order valence-electron chi connectivity index (χ4n) is 3.02. The number of benzene rings is 1. The van der Waals surface area contributed by atoms with Gasteiger partial charge in [0.25, 0.3) is 5.91 Å². The Morgan fingerprint density at radius 2 is 2.04 bits per heavy atom. The molecule has 1 N–H and O–H groups in total. The van der Waals surface area contributed by atoms with E-state index in [1.807, 2.05) is 37.3 Å². The number of pyridine rings is 1. The van der Waals surface area contributed by atoms with Gasteiger partial charge in [-0.15, -0.1) is 0 Å². The van der Waals surface area contributed by atoms with Crippen LogP contribution in [0.15, 0.2) is 48.8 Å². The van der Waals surface area contributed by atoms with Crippen LogP contribution in [-0.4, -0.2) is 36.8 Å². The molecule has 1 amide bonds. The Morgan fingerprint density at radius 3 is 2.84 bits per heavy atom. The average molecular weight is 340 g/mol. The molecule has 1 saturated heterocycles. The molecule has 0 bridgehead atoms. The van der Waals surface area contributed by atoms with Crippen LogP contribution in [-0.2, 0) is 11.2 Å². The number of hydrogen-bond acceptors (Lipinski definition) is 4. The number of para-hydroxylation sites is 1. The lowest BCUT2D eigenvalue weighted by Crippen LogP contribution is -2.40. The number of hydrogen-bond donors (Lipinski definition) is 1. The molecule has 1 aliphatic heterocycles. The van der Waals surface area contributed by atoms with E-state index in [1.54, 1.807) is 18.5 Å². The lowest BCUT2D eigenvalue weighted by molar-refractivity contribution is 0.0921. The molecule has 0 saturated carbocycles. The Bertz CT molecular complexity index is 690. The van der Waals surface area contributed by atoms with Gasteiger partial charge in [-0.25, -0.2) is 0 Å². The van der Waals surface area contributed by atoms with E-state index in [0.717, 1.165) is 12.8 Å². The SMILES string of the molecule is CCCOc1ccccc1C(=O)N[C@@H]1COC[C@H]1Cc1ccncc1. The summed E-state index contributed by atoms with van der Waals surface area (Å²) in [5, 5.41) is 3.12. The predicted molar refractivity (Wildman–Crippen MR) is 95.7 cm³/mol. The summed E-state index contributed by atoms with van der Waals surface area (Å²) < 4.78 is 11.3. The maximum Gasteiger partial charge on any atom is 0.255 e. The van der Waals surface area contributed by atoms with Gasteiger partial charge in [-0.2, -0.15) is 0 Å². The zero-order valence-corrected chi connectivity index (χ0v) is 14.5. The molecule has 132 valence electrons. The molecular weight excluding hydrogens is 316 g/mol. The third-order valence-corrected chi connectivity index (χ3v) is 4.36. The van der Waals surface area contributed by atoms with E-state index in [1.165, 1.54) is 5.56 Å². The zero-order valence-electron chi connectivity index (χ0n) is 14.5. The highest BCUT2D eigenvalue weighted by molar-refractivity contribution is 5.97. The third kappa shape index (κ3) is 4.57. The largest absolute Gasteiger partial charge is 0.493 e. The smallest absolute Gasteiger partial charge is 0.255 e. The van der Waals surface area contributed by atoms with Crippen molar-refractivity contribution in [3.63, 3.8) is 0 Å². The summed E-state index contributed by atoms with van der Waals surface area (Å²) in [7, 11) is 0. The van der Waals surface area contributed by atoms with E-state index in [2.05, 4.69) is 10.3 Å². The molecule has 2 atom stereocenters. The summed E-state index contributed by atoms with van der Waals surface area (Å²) in [5.41, 5.74) is 1.78. The Labute approximate surface area is 148 Å². The number of aromatic nitrogens is 1. The maximum atomic E-state index is 12.7. The van der Waals surface area contributed by atoms with E-state index in [9.17, 15) is 4.79 Å². The number of ether oxygens (including phenoxy) is 2. The van der Waals surface area contributed by atoms with Gasteiger partial charge in [0.15, 0.2) is 0 Å². The normalized spacial score (nSPS) is 19.6. The first kappa shape index (κ1) is 17.4. The monoisotopic (exact) mass is 340 g/mol. The van der Waals surface area contributed by atoms with Crippen LogP contribution in [0.1, 0.15) is 29.3 Å². The molecule has 0 aliphatic carbocycles. The minimum absolute atomic E-state index is 0.0000958. The molecule has 0 unspecified atom stereocenters. The standard InChI is InChI=1S/C20H24N2O3/c1-2-11-25-19-6-4-3-5-17(19)20(23)22-18-14-24-13-16(18)12-15-7-9-21-10-8-15/h3-10,16,18H,2,11-14H2,1H3,(H,22,23)/t16-,18-/m1/s1. The minimum atomic E-state index is -0.109. The second-order valence-electron chi connectivity index (χ2n) is 6.28. The van der Waals surface area contributed by atoms with Crippen molar-refractivity contribution in [1.82, 2.24) is 10.3 Å². The molecule has 1 aromatic heterocycles. The summed E-state index contributed by atoms with van der Waals surface area (Å²) in [6.45, 7) is 3.84. The van der Waals surface area contributed by atoms with Gasteiger partial charge in [-0.3, -0.25) is 9.78 Å². The van der Waals surface area contributed by atoms with Crippen molar-refractivity contribution >= 4 is 5.91 Å². The molecule has 3 rings (SSSR count). The molecule has 2 heterocycles.